The first-order valence-corrected chi connectivity index (χ1v) is 8.73. The zero-order valence-corrected chi connectivity index (χ0v) is 15.0. The molecule has 1 atom stereocenters. The topological polar surface area (TPSA) is 65.2 Å². The lowest BCUT2D eigenvalue weighted by Gasteiger charge is -2.14. The van der Waals surface area contributed by atoms with Crippen LogP contribution in [0.5, 0.6) is 0 Å². The lowest BCUT2D eigenvalue weighted by atomic mass is 10.0. The maximum atomic E-state index is 13.9. The molecule has 2 aromatic carbocycles. The van der Waals surface area contributed by atoms with E-state index >= 15 is 0 Å². The molecule has 0 bridgehead atoms. The lowest BCUT2D eigenvalue weighted by Crippen LogP contribution is -2.32. The smallest absolute Gasteiger partial charge is 0.325 e. The Hall–Kier alpha value is -3.00. The maximum absolute atomic E-state index is 13.9. The highest BCUT2D eigenvalue weighted by molar-refractivity contribution is 6.35. The monoisotopic (exact) mass is 423 g/mol. The van der Waals surface area contributed by atoms with Crippen molar-refractivity contribution >= 4 is 34.4 Å². The van der Waals surface area contributed by atoms with Crippen molar-refractivity contribution in [3.8, 4) is 0 Å². The van der Waals surface area contributed by atoms with Gasteiger partial charge >= 0.3 is 6.03 Å². The van der Waals surface area contributed by atoms with Crippen LogP contribution in [0.1, 0.15) is 18.6 Å². The number of hydrogen-bond acceptors (Lipinski definition) is 2. The molecule has 0 radical (unpaired) electrons. The zero-order chi connectivity index (χ0) is 20.0. The number of imide groups is 1. The highest BCUT2D eigenvalue weighted by Gasteiger charge is 2.38. The molecule has 1 fully saturated rings. The number of nitrogens with zero attached hydrogens (tertiary/aromatic N) is 1. The second kappa shape index (κ2) is 7.79. The third kappa shape index (κ3) is 3.55. The molecule has 2 heterocycles. The molecule has 3 aromatic rings. The van der Waals surface area contributed by atoms with Gasteiger partial charge in [-0.25, -0.2) is 18.0 Å². The Morgan fingerprint density at radius 1 is 1.03 bits per heavy atom. The maximum Gasteiger partial charge on any atom is 0.325 e. The molecule has 152 valence electrons. The molecule has 9 heteroatoms. The Morgan fingerprint density at radius 3 is 2.55 bits per heavy atom. The van der Waals surface area contributed by atoms with Gasteiger partial charge in [0.15, 0.2) is 17.5 Å². The number of urea groups is 1. The first-order valence-electron chi connectivity index (χ1n) is 8.35. The highest BCUT2D eigenvalue weighted by atomic mass is 35.5. The van der Waals surface area contributed by atoms with Crippen LogP contribution in [-0.2, 0) is 17.8 Å². The SMILES string of the molecule is C.O=C1N[C@H](Cc2c[nH]c3c(Cl)cccc23)C(=O)N1Cc1ccc(F)c(F)c1F. The first-order chi connectivity index (χ1) is 13.4. The molecular weight excluding hydrogens is 407 g/mol. The normalized spacial score (nSPS) is 16.3. The Kier molecular flexibility index (Phi) is 5.57. The summed E-state index contributed by atoms with van der Waals surface area (Å²) in [6, 6.07) is 5.50. The third-order valence-corrected chi connectivity index (χ3v) is 5.04. The largest absolute Gasteiger partial charge is 0.360 e. The van der Waals surface area contributed by atoms with Gasteiger partial charge < -0.3 is 10.3 Å². The number of aromatic amines is 1. The van der Waals surface area contributed by atoms with Crippen LogP contribution in [0.4, 0.5) is 18.0 Å². The Bertz CT molecular complexity index is 1120. The molecule has 1 aromatic heterocycles. The van der Waals surface area contributed by atoms with E-state index in [2.05, 4.69) is 10.3 Å². The fraction of sp³-hybridized carbons (Fsp3) is 0.200. The van der Waals surface area contributed by atoms with Gasteiger partial charge in [-0.3, -0.25) is 9.69 Å². The fourth-order valence-corrected chi connectivity index (χ4v) is 3.52. The summed E-state index contributed by atoms with van der Waals surface area (Å²) in [6.07, 6.45) is 1.90. The number of halogens is 4. The third-order valence-electron chi connectivity index (χ3n) is 4.72. The van der Waals surface area contributed by atoms with Crippen molar-refractivity contribution in [1.82, 2.24) is 15.2 Å². The standard InChI is InChI=1S/C19H13ClF3N3O2.CH4/c20-12-3-1-2-11-10(7-24-17(11)12)6-14-18(27)26(19(28)25-14)8-9-4-5-13(21)16(23)15(9)22;/h1-5,7,14,24H,6,8H2,(H,25,28);1H4/t14-;/m1./s1. The Labute approximate surface area is 169 Å². The zero-order valence-electron chi connectivity index (χ0n) is 14.2. The van der Waals surface area contributed by atoms with Gasteiger partial charge in [0.25, 0.3) is 5.91 Å². The van der Waals surface area contributed by atoms with Crippen molar-refractivity contribution in [2.75, 3.05) is 0 Å². The predicted molar refractivity (Wildman–Crippen MR) is 103 cm³/mol. The summed E-state index contributed by atoms with van der Waals surface area (Å²) in [5.41, 5.74) is 1.20. The fourth-order valence-electron chi connectivity index (χ4n) is 3.29. The van der Waals surface area contributed by atoms with E-state index in [9.17, 15) is 22.8 Å². The molecule has 1 saturated heterocycles. The lowest BCUT2D eigenvalue weighted by molar-refractivity contribution is -0.127. The van der Waals surface area contributed by atoms with E-state index in [0.717, 1.165) is 33.5 Å². The number of carbonyl (C=O) groups is 2. The molecule has 1 aliphatic heterocycles. The summed E-state index contributed by atoms with van der Waals surface area (Å²) in [7, 11) is 0. The van der Waals surface area contributed by atoms with E-state index in [1.54, 1.807) is 18.3 Å². The number of hydrogen-bond donors (Lipinski definition) is 2. The number of aromatic nitrogens is 1. The van der Waals surface area contributed by atoms with Crippen molar-refractivity contribution in [2.45, 2.75) is 26.4 Å². The van der Waals surface area contributed by atoms with Crippen molar-refractivity contribution < 1.29 is 22.8 Å². The van der Waals surface area contributed by atoms with Crippen LogP contribution in [-0.4, -0.2) is 27.9 Å². The minimum atomic E-state index is -1.64. The van der Waals surface area contributed by atoms with Gasteiger partial charge in [0.2, 0.25) is 0 Å². The van der Waals surface area contributed by atoms with Gasteiger partial charge in [0, 0.05) is 23.6 Å². The minimum absolute atomic E-state index is 0. The summed E-state index contributed by atoms with van der Waals surface area (Å²) in [5.74, 6) is -4.98. The number of para-hydroxylation sites is 1. The van der Waals surface area contributed by atoms with E-state index < -0.39 is 42.0 Å². The number of benzene rings is 2. The number of carbonyl (C=O) groups excluding carboxylic acids is 2. The van der Waals surface area contributed by atoms with Gasteiger partial charge in [-0.05, 0) is 17.7 Å². The van der Waals surface area contributed by atoms with Crippen molar-refractivity contribution in [3.63, 3.8) is 0 Å². The van der Waals surface area contributed by atoms with Gasteiger partial charge in [0.1, 0.15) is 6.04 Å². The van der Waals surface area contributed by atoms with Gasteiger partial charge in [-0.15, -0.1) is 0 Å². The van der Waals surface area contributed by atoms with Crippen molar-refractivity contribution in [2.24, 2.45) is 0 Å². The van der Waals surface area contributed by atoms with E-state index in [-0.39, 0.29) is 19.4 Å². The summed E-state index contributed by atoms with van der Waals surface area (Å²) >= 11 is 6.12. The van der Waals surface area contributed by atoms with Gasteiger partial charge in [0.05, 0.1) is 17.1 Å². The van der Waals surface area contributed by atoms with Crippen molar-refractivity contribution in [3.05, 3.63) is 70.1 Å². The van der Waals surface area contributed by atoms with Crippen LogP contribution < -0.4 is 5.32 Å². The van der Waals surface area contributed by atoms with E-state index in [4.69, 9.17) is 11.6 Å². The molecule has 5 nitrogen and oxygen atoms in total. The summed E-state index contributed by atoms with van der Waals surface area (Å²) in [5, 5.41) is 3.89. The molecule has 2 N–H and O–H groups in total. The molecule has 0 spiro atoms. The van der Waals surface area contributed by atoms with Gasteiger partial charge in [-0.1, -0.05) is 37.2 Å². The van der Waals surface area contributed by atoms with Crippen LogP contribution in [0.2, 0.25) is 5.02 Å². The second-order valence-electron chi connectivity index (χ2n) is 6.44. The van der Waals surface area contributed by atoms with Crippen LogP contribution >= 0.6 is 11.6 Å². The van der Waals surface area contributed by atoms with Crippen LogP contribution in [0.3, 0.4) is 0 Å². The van der Waals surface area contributed by atoms with E-state index in [1.165, 1.54) is 0 Å². The summed E-state index contributed by atoms with van der Waals surface area (Å²) in [4.78, 5) is 28.6. The number of fused-ring (bicyclic) bond motifs is 1. The van der Waals surface area contributed by atoms with Crippen LogP contribution in [0.25, 0.3) is 10.9 Å². The molecule has 1 aliphatic rings. The molecule has 0 unspecified atom stereocenters. The minimum Gasteiger partial charge on any atom is -0.360 e. The first kappa shape index (κ1) is 20.7. The van der Waals surface area contributed by atoms with Crippen LogP contribution in [0.15, 0.2) is 36.5 Å². The number of H-pyrrole nitrogens is 1. The predicted octanol–water partition coefficient (Wildman–Crippen LogP) is 4.54. The summed E-state index contributed by atoms with van der Waals surface area (Å²) in [6.45, 7) is -0.496. The molecule has 4 rings (SSSR count). The second-order valence-corrected chi connectivity index (χ2v) is 6.85. The molecule has 0 aliphatic carbocycles. The quantitative estimate of drug-likeness (QED) is 0.478. The Morgan fingerprint density at radius 2 is 1.79 bits per heavy atom. The summed E-state index contributed by atoms with van der Waals surface area (Å²) < 4.78 is 40.4. The number of amides is 3. The molecular formula is C20H17ClF3N3O2. The highest BCUT2D eigenvalue weighted by Crippen LogP contribution is 2.27. The number of nitrogens with one attached hydrogen (secondary N) is 2. The Balaban J connectivity index is 0.00000240. The molecule has 29 heavy (non-hydrogen) atoms. The van der Waals surface area contributed by atoms with E-state index in [1.807, 2.05) is 6.07 Å². The number of rotatable bonds is 4. The van der Waals surface area contributed by atoms with Crippen LogP contribution in [0, 0.1) is 17.5 Å². The molecule has 3 amide bonds. The van der Waals surface area contributed by atoms with Gasteiger partial charge in [-0.2, -0.15) is 0 Å². The van der Waals surface area contributed by atoms with Crippen molar-refractivity contribution in [1.29, 1.82) is 0 Å². The molecule has 0 saturated carbocycles. The average molecular weight is 424 g/mol. The average Bonchev–Trinajstić information content (AvgIpc) is 3.19. The van der Waals surface area contributed by atoms with E-state index in [0.29, 0.717) is 5.02 Å².